The van der Waals surface area contributed by atoms with E-state index in [0.717, 1.165) is 0 Å². The molecule has 0 amide bonds. The van der Waals surface area contributed by atoms with Crippen molar-refractivity contribution in [3.05, 3.63) is 12.3 Å². The van der Waals surface area contributed by atoms with Gasteiger partial charge in [-0.25, -0.2) is 4.39 Å². The average Bonchev–Trinajstić information content (AvgIpc) is 1.97. The summed E-state index contributed by atoms with van der Waals surface area (Å²) < 4.78 is 63.1. The largest absolute Gasteiger partial charge is 0.367 e. The molecule has 1 aliphatic rings. The van der Waals surface area contributed by atoms with Gasteiger partial charge in [-0.2, -0.15) is 18.3 Å². The fourth-order valence-electron chi connectivity index (χ4n) is 0.692. The number of halogens is 7. The second-order valence-electron chi connectivity index (χ2n) is 2.37. The van der Waals surface area contributed by atoms with E-state index in [2.05, 4.69) is 23.2 Å². The first-order chi connectivity index (χ1) is 5.63. The van der Waals surface area contributed by atoms with Crippen LogP contribution in [0.4, 0.5) is 22.0 Å². The van der Waals surface area contributed by atoms with Crippen LogP contribution >= 0.6 is 23.2 Å². The molecule has 0 fully saturated rings. The lowest BCUT2D eigenvalue weighted by molar-refractivity contribution is -0.241. The molecule has 0 saturated heterocycles. The van der Waals surface area contributed by atoms with Crippen LogP contribution in [0, 0.1) is 0 Å². The number of hydrogen-bond donors (Lipinski definition) is 0. The predicted molar refractivity (Wildman–Crippen MR) is 36.4 cm³/mol. The van der Waals surface area contributed by atoms with Crippen molar-refractivity contribution in [3.63, 3.8) is 0 Å². The van der Waals surface area contributed by atoms with Crippen LogP contribution < -0.4 is 0 Å². The monoisotopic (exact) mass is 241 g/mol. The molecule has 0 spiro atoms. The molecule has 0 aromatic carbocycles. The fourth-order valence-corrected chi connectivity index (χ4v) is 1.12. The molecule has 1 nitrogen and oxygen atoms in total. The van der Waals surface area contributed by atoms with Crippen LogP contribution in [-0.4, -0.2) is 21.4 Å². The highest BCUT2D eigenvalue weighted by molar-refractivity contribution is 6.28. The van der Waals surface area contributed by atoms with Crippen molar-refractivity contribution in [2.45, 2.75) is 16.3 Å². The van der Waals surface area contributed by atoms with Gasteiger partial charge < -0.3 is 0 Å². The summed E-state index contributed by atoms with van der Waals surface area (Å²) in [6.07, 6.45) is 0.0200. The van der Waals surface area contributed by atoms with E-state index in [1.165, 1.54) is 0 Å². The van der Waals surface area contributed by atoms with Crippen LogP contribution in [-0.2, 0) is 0 Å². The fraction of sp³-hybridized carbons (Fsp3) is 0.600. The molecule has 1 heterocycles. The molecular weight excluding hydrogens is 240 g/mol. The van der Waals surface area contributed by atoms with Gasteiger partial charge in [0.25, 0.3) is 5.13 Å². The first kappa shape index (κ1) is 10.8. The molecule has 0 aromatic heterocycles. The van der Waals surface area contributed by atoms with E-state index in [0.29, 0.717) is 0 Å². The third kappa shape index (κ3) is 1.27. The van der Waals surface area contributed by atoms with Crippen molar-refractivity contribution >= 4 is 23.2 Å². The van der Waals surface area contributed by atoms with Crippen molar-refractivity contribution in [2.24, 2.45) is 0 Å². The van der Waals surface area contributed by atoms with E-state index in [9.17, 15) is 22.0 Å². The lowest BCUT2D eigenvalue weighted by atomic mass is 10.1. The lowest BCUT2D eigenvalue weighted by Gasteiger charge is -2.38. The molecule has 0 bridgehead atoms. The molecule has 13 heavy (non-hydrogen) atoms. The molecule has 76 valence electrons. The average molecular weight is 242 g/mol. The Labute approximate surface area is 79.6 Å². The van der Waals surface area contributed by atoms with Crippen molar-refractivity contribution in [1.29, 1.82) is 0 Å². The van der Waals surface area contributed by atoms with Gasteiger partial charge in [0.1, 0.15) is 0 Å². The maximum absolute atomic E-state index is 12.7. The van der Waals surface area contributed by atoms with Gasteiger partial charge in [0.15, 0.2) is 0 Å². The van der Waals surface area contributed by atoms with Gasteiger partial charge in [-0.3, -0.25) is 0 Å². The van der Waals surface area contributed by atoms with Crippen LogP contribution in [0.25, 0.3) is 0 Å². The Morgan fingerprint density at radius 2 is 1.54 bits per heavy atom. The van der Waals surface area contributed by atoms with Gasteiger partial charge in [0.2, 0.25) is 0 Å². The maximum Gasteiger partial charge on any atom is 0.367 e. The Hall–Kier alpha value is -0.230. The van der Waals surface area contributed by atoms with Crippen molar-refractivity contribution in [2.75, 3.05) is 0 Å². The molecule has 0 N–H and O–H groups in total. The van der Waals surface area contributed by atoms with Gasteiger partial charge in [-0.15, -0.1) is 0 Å². The second-order valence-corrected chi connectivity index (χ2v) is 3.42. The summed E-state index contributed by atoms with van der Waals surface area (Å²) in [6.45, 7) is 0. The molecule has 0 saturated carbocycles. The van der Waals surface area contributed by atoms with E-state index in [4.69, 9.17) is 0 Å². The lowest BCUT2D eigenvalue weighted by Crippen LogP contribution is -2.59. The summed E-state index contributed by atoms with van der Waals surface area (Å²) in [5, 5.41) is -9.32. The Bertz CT molecular complexity index is 251. The number of allylic oxidation sites excluding steroid dienone is 1. The summed E-state index contributed by atoms with van der Waals surface area (Å²) in [6, 6.07) is 0. The zero-order valence-corrected chi connectivity index (χ0v) is 7.26. The number of nitrogens with zero attached hydrogens (tertiary/aromatic N) is 1. The van der Waals surface area contributed by atoms with E-state index in [1.807, 2.05) is 0 Å². The molecule has 0 aliphatic carbocycles. The van der Waals surface area contributed by atoms with Crippen LogP contribution in [0.1, 0.15) is 0 Å². The first-order valence-electron chi connectivity index (χ1n) is 2.91. The SMILES string of the molecule is FN1C=CC(F)(Cl)C(F)(F)C1(F)Cl. The van der Waals surface area contributed by atoms with Crippen LogP contribution in [0.2, 0.25) is 0 Å². The molecule has 0 radical (unpaired) electrons. The number of alkyl halides is 6. The predicted octanol–water partition coefficient (Wildman–Crippen LogP) is 3.10. The summed E-state index contributed by atoms with van der Waals surface area (Å²) >= 11 is 9.05. The van der Waals surface area contributed by atoms with Crippen molar-refractivity contribution < 1.29 is 22.0 Å². The normalized spacial score (nSPS) is 43.8. The minimum atomic E-state index is -4.90. The molecule has 2 atom stereocenters. The molecule has 1 rings (SSSR count). The van der Waals surface area contributed by atoms with Gasteiger partial charge in [-0.05, 0) is 6.08 Å². The third-order valence-corrected chi connectivity index (χ3v) is 2.24. The highest BCUT2D eigenvalue weighted by atomic mass is 35.5. The summed E-state index contributed by atoms with van der Waals surface area (Å²) in [7, 11) is 0. The van der Waals surface area contributed by atoms with Crippen molar-refractivity contribution in [3.8, 4) is 0 Å². The number of rotatable bonds is 0. The van der Waals surface area contributed by atoms with E-state index < -0.39 is 21.4 Å². The second kappa shape index (κ2) is 2.63. The van der Waals surface area contributed by atoms with Crippen LogP contribution in [0.5, 0.6) is 0 Å². The minimum absolute atomic E-state index is 0.0330. The third-order valence-electron chi connectivity index (χ3n) is 1.48. The zero-order chi connectivity index (χ0) is 10.5. The van der Waals surface area contributed by atoms with Gasteiger partial charge in [-0.1, -0.05) is 27.7 Å². The Balaban J connectivity index is 3.22. The van der Waals surface area contributed by atoms with Gasteiger partial charge in [0, 0.05) is 6.20 Å². The molecule has 1 aliphatic heterocycles. The summed E-state index contributed by atoms with van der Waals surface area (Å²) in [5.74, 6) is -4.90. The molecular formula is C5H2Cl2F5N. The molecule has 8 heteroatoms. The first-order valence-corrected chi connectivity index (χ1v) is 3.66. The van der Waals surface area contributed by atoms with E-state index >= 15 is 0 Å². The molecule has 0 aromatic rings. The molecule has 2 unspecified atom stereocenters. The zero-order valence-electron chi connectivity index (χ0n) is 5.75. The highest BCUT2D eigenvalue weighted by Crippen LogP contribution is 2.53. The van der Waals surface area contributed by atoms with Gasteiger partial charge >= 0.3 is 11.2 Å². The van der Waals surface area contributed by atoms with E-state index in [1.54, 1.807) is 0 Å². The Morgan fingerprint density at radius 3 is 1.92 bits per heavy atom. The number of hydrogen-bond acceptors (Lipinski definition) is 1. The topological polar surface area (TPSA) is 3.24 Å². The quantitative estimate of drug-likeness (QED) is 0.273. The highest BCUT2D eigenvalue weighted by Gasteiger charge is 2.72. The van der Waals surface area contributed by atoms with Crippen molar-refractivity contribution in [1.82, 2.24) is 5.12 Å². The summed E-state index contributed by atoms with van der Waals surface area (Å²) in [5.41, 5.74) is 0. The Morgan fingerprint density at radius 1 is 1.08 bits per heavy atom. The maximum atomic E-state index is 12.7. The minimum Gasteiger partial charge on any atom is -0.214 e. The van der Waals surface area contributed by atoms with Gasteiger partial charge in [0.05, 0.1) is 0 Å². The standard InChI is InChI=1S/C5H2Cl2F5N/c6-3(8)1-2-13(12)5(7,11)4(3,9)10/h1-2H. The van der Waals surface area contributed by atoms with Crippen LogP contribution in [0.15, 0.2) is 12.3 Å². The van der Waals surface area contributed by atoms with E-state index in [-0.39, 0.29) is 12.3 Å². The Kier molecular flexibility index (Phi) is 2.20. The van der Waals surface area contributed by atoms with Crippen LogP contribution in [0.3, 0.4) is 0 Å². The smallest absolute Gasteiger partial charge is 0.214 e. The summed E-state index contributed by atoms with van der Waals surface area (Å²) in [4.78, 5) is 0.